The van der Waals surface area contributed by atoms with Gasteiger partial charge in [0, 0.05) is 25.0 Å². The van der Waals surface area contributed by atoms with Crippen molar-refractivity contribution in [1.82, 2.24) is 4.90 Å². The van der Waals surface area contributed by atoms with Crippen LogP contribution < -0.4 is 5.73 Å². The van der Waals surface area contributed by atoms with E-state index in [9.17, 15) is 4.79 Å². The molecule has 1 aliphatic carbocycles. The zero-order valence-corrected chi connectivity index (χ0v) is 12.3. The average molecular weight is 272 g/mol. The van der Waals surface area contributed by atoms with E-state index in [2.05, 4.69) is 36.1 Å². The minimum Gasteiger partial charge on any atom is -0.342 e. The Morgan fingerprint density at radius 2 is 2.05 bits per heavy atom. The topological polar surface area (TPSA) is 46.3 Å². The summed E-state index contributed by atoms with van der Waals surface area (Å²) in [4.78, 5) is 14.4. The largest absolute Gasteiger partial charge is 0.342 e. The standard InChI is InChI=1S/C17H24N2O/c1-17(7-8-17)16(20)19-9-5-14(6-10-19)15-4-2-3-13(11-15)12-18/h2-4,11,14H,5-10,12,18H2,1H3. The van der Waals surface area contributed by atoms with Gasteiger partial charge in [0.2, 0.25) is 5.91 Å². The van der Waals surface area contributed by atoms with Gasteiger partial charge in [-0.15, -0.1) is 0 Å². The van der Waals surface area contributed by atoms with Crippen molar-refractivity contribution in [1.29, 1.82) is 0 Å². The summed E-state index contributed by atoms with van der Waals surface area (Å²) in [5.74, 6) is 0.962. The van der Waals surface area contributed by atoms with Gasteiger partial charge >= 0.3 is 0 Å². The van der Waals surface area contributed by atoms with Crippen molar-refractivity contribution in [3.8, 4) is 0 Å². The maximum atomic E-state index is 12.3. The number of hydrogen-bond donors (Lipinski definition) is 1. The Morgan fingerprint density at radius 1 is 1.35 bits per heavy atom. The highest BCUT2D eigenvalue weighted by Crippen LogP contribution is 2.47. The van der Waals surface area contributed by atoms with E-state index >= 15 is 0 Å². The summed E-state index contributed by atoms with van der Waals surface area (Å²) in [5, 5.41) is 0. The lowest BCUT2D eigenvalue weighted by Gasteiger charge is -2.34. The number of nitrogens with zero attached hydrogens (tertiary/aromatic N) is 1. The van der Waals surface area contributed by atoms with Gasteiger partial charge in [0.15, 0.2) is 0 Å². The van der Waals surface area contributed by atoms with Crippen LogP contribution in [0.4, 0.5) is 0 Å². The third-order valence-electron chi connectivity index (χ3n) is 4.96. The molecule has 2 fully saturated rings. The minimum absolute atomic E-state index is 0.0215. The molecule has 0 bridgehead atoms. The third kappa shape index (κ3) is 2.59. The van der Waals surface area contributed by atoms with Crippen molar-refractivity contribution in [2.45, 2.75) is 45.1 Å². The molecule has 1 saturated heterocycles. The van der Waals surface area contributed by atoms with Crippen LogP contribution in [-0.4, -0.2) is 23.9 Å². The van der Waals surface area contributed by atoms with Crippen LogP contribution >= 0.6 is 0 Å². The maximum absolute atomic E-state index is 12.3. The van der Waals surface area contributed by atoms with Crippen molar-refractivity contribution in [3.05, 3.63) is 35.4 Å². The van der Waals surface area contributed by atoms with Gasteiger partial charge in [-0.1, -0.05) is 31.2 Å². The fourth-order valence-corrected chi connectivity index (χ4v) is 3.17. The Hall–Kier alpha value is -1.35. The number of rotatable bonds is 3. The number of nitrogens with two attached hydrogens (primary N) is 1. The lowest BCUT2D eigenvalue weighted by Crippen LogP contribution is -2.41. The predicted molar refractivity (Wildman–Crippen MR) is 80.2 cm³/mol. The molecule has 0 aromatic heterocycles. The van der Waals surface area contributed by atoms with Crippen LogP contribution in [0.3, 0.4) is 0 Å². The second-order valence-corrected chi connectivity index (χ2v) is 6.58. The molecule has 0 spiro atoms. The smallest absolute Gasteiger partial charge is 0.228 e. The molecule has 3 rings (SSSR count). The van der Waals surface area contributed by atoms with Crippen LogP contribution in [0.1, 0.15) is 49.7 Å². The highest BCUT2D eigenvalue weighted by Gasteiger charge is 2.47. The fourth-order valence-electron chi connectivity index (χ4n) is 3.17. The molecular weight excluding hydrogens is 248 g/mol. The summed E-state index contributed by atoms with van der Waals surface area (Å²) in [6.07, 6.45) is 4.31. The molecule has 2 N–H and O–H groups in total. The number of piperidine rings is 1. The first-order valence-electron chi connectivity index (χ1n) is 7.71. The number of likely N-dealkylation sites (tertiary alicyclic amines) is 1. The van der Waals surface area contributed by atoms with E-state index in [1.54, 1.807) is 0 Å². The molecule has 1 aliphatic heterocycles. The van der Waals surface area contributed by atoms with Gasteiger partial charge in [-0.2, -0.15) is 0 Å². The Balaban J connectivity index is 1.62. The molecule has 1 heterocycles. The summed E-state index contributed by atoms with van der Waals surface area (Å²) < 4.78 is 0. The first kappa shape index (κ1) is 13.6. The fraction of sp³-hybridized carbons (Fsp3) is 0.588. The molecule has 1 amide bonds. The summed E-state index contributed by atoms with van der Waals surface area (Å²) >= 11 is 0. The molecule has 20 heavy (non-hydrogen) atoms. The van der Waals surface area contributed by atoms with Crippen LogP contribution in [0.25, 0.3) is 0 Å². The second-order valence-electron chi connectivity index (χ2n) is 6.58. The lowest BCUT2D eigenvalue weighted by molar-refractivity contribution is -0.137. The number of carbonyl (C=O) groups is 1. The quantitative estimate of drug-likeness (QED) is 0.919. The summed E-state index contributed by atoms with van der Waals surface area (Å²) in [5.41, 5.74) is 8.28. The molecule has 1 aromatic rings. The Bertz CT molecular complexity index is 499. The van der Waals surface area contributed by atoms with Crippen molar-refractivity contribution >= 4 is 5.91 Å². The van der Waals surface area contributed by atoms with Gasteiger partial charge in [-0.3, -0.25) is 4.79 Å². The number of benzene rings is 1. The third-order valence-corrected chi connectivity index (χ3v) is 4.96. The van der Waals surface area contributed by atoms with E-state index in [1.165, 1.54) is 11.1 Å². The van der Waals surface area contributed by atoms with E-state index in [1.807, 2.05) is 0 Å². The first-order valence-corrected chi connectivity index (χ1v) is 7.71. The maximum Gasteiger partial charge on any atom is 0.228 e. The van der Waals surface area contributed by atoms with Crippen molar-refractivity contribution in [2.24, 2.45) is 11.1 Å². The summed E-state index contributed by atoms with van der Waals surface area (Å²) in [6.45, 7) is 4.52. The Morgan fingerprint density at radius 3 is 2.65 bits per heavy atom. The van der Waals surface area contributed by atoms with E-state index in [0.29, 0.717) is 18.4 Å². The number of hydrogen-bond acceptors (Lipinski definition) is 2. The van der Waals surface area contributed by atoms with E-state index in [4.69, 9.17) is 5.73 Å². The lowest BCUT2D eigenvalue weighted by atomic mass is 9.88. The second kappa shape index (κ2) is 5.21. The highest BCUT2D eigenvalue weighted by atomic mass is 16.2. The molecule has 1 saturated carbocycles. The molecule has 3 nitrogen and oxygen atoms in total. The number of amides is 1. The van der Waals surface area contributed by atoms with Crippen LogP contribution in [0.2, 0.25) is 0 Å². The van der Waals surface area contributed by atoms with E-state index < -0.39 is 0 Å². The van der Waals surface area contributed by atoms with Gasteiger partial charge in [-0.05, 0) is 42.7 Å². The molecule has 2 aliphatic rings. The van der Waals surface area contributed by atoms with Crippen LogP contribution in [0.15, 0.2) is 24.3 Å². The molecule has 0 radical (unpaired) electrons. The SMILES string of the molecule is CC1(C(=O)N2CCC(c3cccc(CN)c3)CC2)CC1. The molecule has 1 aromatic carbocycles. The monoisotopic (exact) mass is 272 g/mol. The van der Waals surface area contributed by atoms with Crippen molar-refractivity contribution in [2.75, 3.05) is 13.1 Å². The summed E-state index contributed by atoms with van der Waals surface area (Å²) in [7, 11) is 0. The molecule has 0 unspecified atom stereocenters. The van der Waals surface area contributed by atoms with Crippen LogP contribution in [0.5, 0.6) is 0 Å². The minimum atomic E-state index is -0.0215. The molecular formula is C17H24N2O. The van der Waals surface area contributed by atoms with Gasteiger partial charge in [0.25, 0.3) is 0 Å². The van der Waals surface area contributed by atoms with Gasteiger partial charge in [0.05, 0.1) is 0 Å². The zero-order chi connectivity index (χ0) is 14.2. The predicted octanol–water partition coefficient (Wildman–Crippen LogP) is 2.65. The average Bonchev–Trinajstić information content (AvgIpc) is 3.26. The van der Waals surface area contributed by atoms with Gasteiger partial charge in [-0.25, -0.2) is 0 Å². The molecule has 3 heteroatoms. The zero-order valence-electron chi connectivity index (χ0n) is 12.3. The summed E-state index contributed by atoms with van der Waals surface area (Å²) in [6, 6.07) is 8.60. The van der Waals surface area contributed by atoms with E-state index in [-0.39, 0.29) is 5.41 Å². The van der Waals surface area contributed by atoms with E-state index in [0.717, 1.165) is 38.8 Å². The van der Waals surface area contributed by atoms with Crippen molar-refractivity contribution < 1.29 is 4.79 Å². The molecule has 108 valence electrons. The highest BCUT2D eigenvalue weighted by molar-refractivity contribution is 5.85. The number of carbonyl (C=O) groups excluding carboxylic acids is 1. The Kier molecular flexibility index (Phi) is 3.55. The first-order chi connectivity index (χ1) is 9.62. The van der Waals surface area contributed by atoms with Crippen molar-refractivity contribution in [3.63, 3.8) is 0 Å². The Labute approximate surface area is 121 Å². The normalized spacial score (nSPS) is 21.8. The van der Waals surface area contributed by atoms with Gasteiger partial charge in [0.1, 0.15) is 0 Å². The molecule has 0 atom stereocenters. The van der Waals surface area contributed by atoms with Gasteiger partial charge < -0.3 is 10.6 Å². The van der Waals surface area contributed by atoms with Crippen LogP contribution in [-0.2, 0) is 11.3 Å². The van der Waals surface area contributed by atoms with Crippen LogP contribution in [0, 0.1) is 5.41 Å².